The highest BCUT2D eigenvalue weighted by Gasteiger charge is 2.13. The van der Waals surface area contributed by atoms with Gasteiger partial charge in [0.05, 0.1) is 11.7 Å². The third kappa shape index (κ3) is 1.63. The monoisotopic (exact) mass is 198 g/mol. The van der Waals surface area contributed by atoms with Gasteiger partial charge in [0.1, 0.15) is 0 Å². The van der Waals surface area contributed by atoms with Crippen molar-refractivity contribution in [3.05, 3.63) is 32.6 Å². The summed E-state index contributed by atoms with van der Waals surface area (Å²) in [6, 6.07) is 0. The SMILES string of the molecule is CC[C@@H](O)c1cn(C)c(=O)n(C)c1=O. The van der Waals surface area contributed by atoms with Crippen molar-refractivity contribution in [1.29, 1.82) is 0 Å². The molecule has 1 atom stereocenters. The molecule has 0 unspecified atom stereocenters. The Kier molecular flexibility index (Phi) is 2.90. The highest BCUT2D eigenvalue weighted by atomic mass is 16.3. The highest BCUT2D eigenvalue weighted by Crippen LogP contribution is 2.09. The zero-order valence-electron chi connectivity index (χ0n) is 8.52. The van der Waals surface area contributed by atoms with Gasteiger partial charge >= 0.3 is 5.69 Å². The average molecular weight is 198 g/mol. The molecule has 0 saturated heterocycles. The van der Waals surface area contributed by atoms with Crippen molar-refractivity contribution in [2.24, 2.45) is 14.1 Å². The minimum absolute atomic E-state index is 0.261. The molecule has 1 N–H and O–H groups in total. The second-order valence-corrected chi connectivity index (χ2v) is 3.27. The molecule has 0 aliphatic heterocycles. The predicted octanol–water partition coefficient (Wildman–Crippen LogP) is -0.473. The fourth-order valence-corrected chi connectivity index (χ4v) is 1.28. The van der Waals surface area contributed by atoms with E-state index >= 15 is 0 Å². The van der Waals surface area contributed by atoms with Gasteiger partial charge < -0.3 is 9.67 Å². The van der Waals surface area contributed by atoms with Gasteiger partial charge in [-0.3, -0.25) is 9.36 Å². The Morgan fingerprint density at radius 2 is 2.00 bits per heavy atom. The first-order chi connectivity index (χ1) is 6.49. The molecule has 0 fully saturated rings. The van der Waals surface area contributed by atoms with Crippen LogP contribution < -0.4 is 11.2 Å². The topological polar surface area (TPSA) is 64.2 Å². The Morgan fingerprint density at radius 1 is 1.43 bits per heavy atom. The molecule has 1 rings (SSSR count). The van der Waals surface area contributed by atoms with Gasteiger partial charge in [-0.05, 0) is 6.42 Å². The lowest BCUT2D eigenvalue weighted by Gasteiger charge is -2.10. The van der Waals surface area contributed by atoms with E-state index in [2.05, 4.69) is 0 Å². The van der Waals surface area contributed by atoms with Crippen LogP contribution in [-0.4, -0.2) is 14.2 Å². The van der Waals surface area contributed by atoms with Crippen LogP contribution in [0.3, 0.4) is 0 Å². The normalized spacial score (nSPS) is 12.9. The van der Waals surface area contributed by atoms with E-state index in [0.29, 0.717) is 6.42 Å². The second kappa shape index (κ2) is 3.79. The fourth-order valence-electron chi connectivity index (χ4n) is 1.28. The minimum atomic E-state index is -0.805. The molecule has 0 aliphatic carbocycles. The number of nitrogens with zero attached hydrogens (tertiary/aromatic N) is 2. The second-order valence-electron chi connectivity index (χ2n) is 3.27. The van der Waals surface area contributed by atoms with Crippen molar-refractivity contribution >= 4 is 0 Å². The van der Waals surface area contributed by atoms with Crippen molar-refractivity contribution in [3.8, 4) is 0 Å². The molecule has 1 aromatic heterocycles. The summed E-state index contributed by atoms with van der Waals surface area (Å²) in [6.45, 7) is 1.77. The fraction of sp³-hybridized carbons (Fsp3) is 0.556. The van der Waals surface area contributed by atoms with Crippen LogP contribution in [-0.2, 0) is 14.1 Å². The van der Waals surface area contributed by atoms with Gasteiger partial charge in [-0.2, -0.15) is 0 Å². The lowest BCUT2D eigenvalue weighted by Crippen LogP contribution is -2.39. The van der Waals surface area contributed by atoms with Gasteiger partial charge in [0.15, 0.2) is 0 Å². The summed E-state index contributed by atoms with van der Waals surface area (Å²) in [4.78, 5) is 22.8. The van der Waals surface area contributed by atoms with Crippen LogP contribution in [0.2, 0.25) is 0 Å². The first-order valence-corrected chi connectivity index (χ1v) is 4.43. The standard InChI is InChI=1S/C9H14N2O3/c1-4-7(12)6-5-10(2)9(14)11(3)8(6)13/h5,7,12H,4H2,1-3H3/t7-/m1/s1. The third-order valence-electron chi connectivity index (χ3n) is 2.22. The van der Waals surface area contributed by atoms with Gasteiger partial charge in [-0.15, -0.1) is 0 Å². The van der Waals surface area contributed by atoms with Crippen LogP contribution in [0.1, 0.15) is 25.0 Å². The smallest absolute Gasteiger partial charge is 0.330 e. The Morgan fingerprint density at radius 3 is 2.50 bits per heavy atom. The van der Waals surface area contributed by atoms with Gasteiger partial charge in [0, 0.05) is 20.3 Å². The van der Waals surface area contributed by atoms with Gasteiger partial charge in [0.25, 0.3) is 5.56 Å². The molecule has 0 amide bonds. The third-order valence-corrected chi connectivity index (χ3v) is 2.22. The van der Waals surface area contributed by atoms with Crippen molar-refractivity contribution in [2.45, 2.75) is 19.4 Å². The lowest BCUT2D eigenvalue weighted by molar-refractivity contribution is 0.170. The van der Waals surface area contributed by atoms with Gasteiger partial charge in [-0.1, -0.05) is 6.92 Å². The van der Waals surface area contributed by atoms with E-state index in [1.807, 2.05) is 0 Å². The lowest BCUT2D eigenvalue weighted by atomic mass is 10.1. The highest BCUT2D eigenvalue weighted by molar-refractivity contribution is 5.08. The van der Waals surface area contributed by atoms with Gasteiger partial charge in [-0.25, -0.2) is 4.79 Å². The van der Waals surface area contributed by atoms with Gasteiger partial charge in [0.2, 0.25) is 0 Å². The number of hydrogen-bond donors (Lipinski definition) is 1. The van der Waals surface area contributed by atoms with Crippen LogP contribution in [0.4, 0.5) is 0 Å². The molecule has 14 heavy (non-hydrogen) atoms. The van der Waals surface area contributed by atoms with E-state index in [1.54, 1.807) is 14.0 Å². The van der Waals surface area contributed by atoms with Crippen LogP contribution >= 0.6 is 0 Å². The molecule has 5 nitrogen and oxygen atoms in total. The molecule has 0 aromatic carbocycles. The maximum absolute atomic E-state index is 11.5. The van der Waals surface area contributed by atoms with Crippen LogP contribution in [0.25, 0.3) is 0 Å². The van der Waals surface area contributed by atoms with E-state index in [1.165, 1.54) is 17.8 Å². The zero-order valence-corrected chi connectivity index (χ0v) is 8.52. The maximum atomic E-state index is 11.5. The number of aryl methyl sites for hydroxylation is 1. The molecule has 78 valence electrons. The summed E-state index contributed by atoms with van der Waals surface area (Å²) >= 11 is 0. The Bertz CT molecular complexity index is 444. The zero-order chi connectivity index (χ0) is 10.9. The molecule has 0 saturated carbocycles. The van der Waals surface area contributed by atoms with E-state index in [4.69, 9.17) is 0 Å². The predicted molar refractivity (Wildman–Crippen MR) is 52.2 cm³/mol. The van der Waals surface area contributed by atoms with Crippen molar-refractivity contribution < 1.29 is 5.11 Å². The summed E-state index contributed by atoms with van der Waals surface area (Å²) in [5.74, 6) is 0. The first-order valence-electron chi connectivity index (χ1n) is 4.43. The summed E-state index contributed by atoms with van der Waals surface area (Å²) in [6.07, 6.45) is 1.03. The van der Waals surface area contributed by atoms with Crippen LogP contribution in [0, 0.1) is 0 Å². The van der Waals surface area contributed by atoms with Crippen molar-refractivity contribution in [2.75, 3.05) is 0 Å². The Labute approximate surface area is 81.2 Å². The Balaban J connectivity index is 3.49. The van der Waals surface area contributed by atoms with Crippen LogP contribution in [0.5, 0.6) is 0 Å². The van der Waals surface area contributed by atoms with Crippen molar-refractivity contribution in [3.63, 3.8) is 0 Å². The maximum Gasteiger partial charge on any atom is 0.330 e. The summed E-state index contributed by atoms with van der Waals surface area (Å²) in [7, 11) is 2.95. The number of hydrogen-bond acceptors (Lipinski definition) is 3. The Hall–Kier alpha value is -1.36. The minimum Gasteiger partial charge on any atom is -0.388 e. The van der Waals surface area contributed by atoms with Crippen molar-refractivity contribution in [1.82, 2.24) is 9.13 Å². The molecule has 0 aliphatic rings. The number of aliphatic hydroxyl groups excluding tert-OH is 1. The molecule has 1 heterocycles. The molecule has 0 bridgehead atoms. The summed E-state index contributed by atoms with van der Waals surface area (Å²) in [5, 5.41) is 9.52. The largest absolute Gasteiger partial charge is 0.388 e. The average Bonchev–Trinajstić information content (AvgIpc) is 2.19. The van der Waals surface area contributed by atoms with E-state index in [0.717, 1.165) is 4.57 Å². The van der Waals surface area contributed by atoms with E-state index in [-0.39, 0.29) is 11.3 Å². The molecule has 1 aromatic rings. The summed E-state index contributed by atoms with van der Waals surface area (Å²) in [5.41, 5.74) is -0.554. The first kappa shape index (κ1) is 10.7. The number of aliphatic hydroxyl groups is 1. The molecule has 0 spiro atoms. The number of aromatic nitrogens is 2. The molecular formula is C9H14N2O3. The molecular weight excluding hydrogens is 184 g/mol. The number of rotatable bonds is 2. The molecule has 0 radical (unpaired) electrons. The summed E-state index contributed by atoms with van der Waals surface area (Å²) < 4.78 is 2.28. The van der Waals surface area contributed by atoms with E-state index < -0.39 is 11.7 Å². The molecule has 5 heteroatoms. The quantitative estimate of drug-likeness (QED) is 0.698. The van der Waals surface area contributed by atoms with Crippen LogP contribution in [0.15, 0.2) is 15.8 Å². The van der Waals surface area contributed by atoms with E-state index in [9.17, 15) is 14.7 Å².